The molecule has 0 bridgehead atoms. The summed E-state index contributed by atoms with van der Waals surface area (Å²) in [6.45, 7) is 5.11. The molecule has 1 aromatic rings. The first kappa shape index (κ1) is 11.0. The minimum Gasteiger partial charge on any atom is -0.379 e. The molecule has 1 saturated heterocycles. The molecule has 0 unspecified atom stereocenters. The Morgan fingerprint density at radius 1 is 1.47 bits per heavy atom. The Morgan fingerprint density at radius 2 is 2.27 bits per heavy atom. The maximum absolute atomic E-state index is 5.53. The van der Waals surface area contributed by atoms with Crippen LogP contribution in [0.4, 0.5) is 5.69 Å². The molecule has 3 heteroatoms. The van der Waals surface area contributed by atoms with Crippen LogP contribution in [0.1, 0.15) is 18.9 Å². The van der Waals surface area contributed by atoms with Crippen molar-refractivity contribution in [3.63, 3.8) is 0 Å². The summed E-state index contributed by atoms with van der Waals surface area (Å²) in [5.41, 5.74) is 2.48. The van der Waals surface area contributed by atoms with Crippen molar-refractivity contribution in [3.05, 3.63) is 28.2 Å². The molecule has 2 rings (SSSR count). The number of halogens is 1. The van der Waals surface area contributed by atoms with Gasteiger partial charge in [0.05, 0.1) is 12.1 Å². The van der Waals surface area contributed by atoms with E-state index in [1.54, 1.807) is 0 Å². The molecule has 1 aromatic carbocycles. The van der Waals surface area contributed by atoms with Crippen molar-refractivity contribution in [2.24, 2.45) is 0 Å². The van der Waals surface area contributed by atoms with Crippen LogP contribution in [-0.2, 0) is 4.74 Å². The fourth-order valence-corrected chi connectivity index (χ4v) is 2.23. The van der Waals surface area contributed by atoms with Crippen LogP contribution in [0.25, 0.3) is 0 Å². The van der Waals surface area contributed by atoms with Gasteiger partial charge in [0.15, 0.2) is 0 Å². The van der Waals surface area contributed by atoms with Gasteiger partial charge in [0, 0.05) is 16.8 Å². The first-order chi connectivity index (χ1) is 7.16. The highest BCUT2D eigenvalue weighted by molar-refractivity contribution is 9.10. The molecule has 0 amide bonds. The lowest BCUT2D eigenvalue weighted by atomic mass is 10.1. The summed E-state index contributed by atoms with van der Waals surface area (Å²) in [6.07, 6.45) is 1.40. The Kier molecular flexibility index (Phi) is 3.32. The van der Waals surface area contributed by atoms with E-state index in [0.717, 1.165) is 17.5 Å². The Labute approximate surface area is 99.1 Å². The Bertz CT molecular complexity index is 353. The molecular formula is C12H16BrNO. The van der Waals surface area contributed by atoms with Gasteiger partial charge >= 0.3 is 0 Å². The molecule has 2 nitrogen and oxygen atoms in total. The molecule has 1 heterocycles. The summed E-state index contributed by atoms with van der Waals surface area (Å²) < 4.78 is 6.65. The monoisotopic (exact) mass is 269 g/mol. The average Bonchev–Trinajstić information content (AvgIpc) is 2.58. The number of anilines is 1. The number of nitrogens with one attached hydrogen (secondary N) is 1. The van der Waals surface area contributed by atoms with Gasteiger partial charge < -0.3 is 10.1 Å². The van der Waals surface area contributed by atoms with E-state index >= 15 is 0 Å². The first-order valence-electron chi connectivity index (χ1n) is 5.31. The molecule has 1 aliphatic rings. The molecule has 15 heavy (non-hydrogen) atoms. The highest BCUT2D eigenvalue weighted by Crippen LogP contribution is 2.24. The zero-order valence-corrected chi connectivity index (χ0v) is 10.7. The van der Waals surface area contributed by atoms with Crippen molar-refractivity contribution in [2.75, 3.05) is 11.9 Å². The van der Waals surface area contributed by atoms with E-state index in [1.807, 2.05) is 0 Å². The summed E-state index contributed by atoms with van der Waals surface area (Å²) in [5.74, 6) is 0. The van der Waals surface area contributed by atoms with Gasteiger partial charge in [-0.1, -0.05) is 22.0 Å². The van der Waals surface area contributed by atoms with Gasteiger partial charge in [-0.05, 0) is 38.0 Å². The average molecular weight is 270 g/mol. The van der Waals surface area contributed by atoms with Gasteiger partial charge in [0.1, 0.15) is 0 Å². The Balaban J connectivity index is 2.12. The lowest BCUT2D eigenvalue weighted by Crippen LogP contribution is -2.26. The van der Waals surface area contributed by atoms with Crippen LogP contribution < -0.4 is 5.32 Å². The standard InChI is InChI=1S/C12H16BrNO/c1-8-3-4-10(13)7-12(8)14-11-5-6-15-9(11)2/h3-4,7,9,11,14H,5-6H2,1-2H3/t9-,11-/m1/s1. The lowest BCUT2D eigenvalue weighted by Gasteiger charge is -2.19. The molecule has 1 aliphatic heterocycles. The smallest absolute Gasteiger partial charge is 0.0748 e. The minimum atomic E-state index is 0.309. The SMILES string of the molecule is Cc1ccc(Br)cc1N[C@@H]1CCO[C@@H]1C. The Morgan fingerprint density at radius 3 is 2.93 bits per heavy atom. The van der Waals surface area contributed by atoms with Gasteiger partial charge in [-0.15, -0.1) is 0 Å². The summed E-state index contributed by atoms with van der Waals surface area (Å²) in [6, 6.07) is 6.75. The molecule has 1 fully saturated rings. The summed E-state index contributed by atoms with van der Waals surface area (Å²) in [7, 11) is 0. The van der Waals surface area contributed by atoms with E-state index in [0.29, 0.717) is 12.1 Å². The summed E-state index contributed by atoms with van der Waals surface area (Å²) in [4.78, 5) is 0. The highest BCUT2D eigenvalue weighted by atomic mass is 79.9. The Hall–Kier alpha value is -0.540. The van der Waals surface area contributed by atoms with E-state index in [1.165, 1.54) is 11.3 Å². The van der Waals surface area contributed by atoms with E-state index < -0.39 is 0 Å². The van der Waals surface area contributed by atoms with Gasteiger partial charge in [-0.3, -0.25) is 0 Å². The largest absolute Gasteiger partial charge is 0.379 e. The minimum absolute atomic E-state index is 0.309. The van der Waals surface area contributed by atoms with Crippen LogP contribution in [-0.4, -0.2) is 18.8 Å². The van der Waals surface area contributed by atoms with Crippen molar-refractivity contribution < 1.29 is 4.74 Å². The van der Waals surface area contributed by atoms with Crippen LogP contribution >= 0.6 is 15.9 Å². The molecule has 0 saturated carbocycles. The second-order valence-electron chi connectivity index (χ2n) is 4.07. The fraction of sp³-hybridized carbons (Fsp3) is 0.500. The first-order valence-corrected chi connectivity index (χ1v) is 6.10. The van der Waals surface area contributed by atoms with Crippen LogP contribution in [0.2, 0.25) is 0 Å². The predicted octanol–water partition coefficient (Wildman–Crippen LogP) is 3.35. The van der Waals surface area contributed by atoms with Crippen LogP contribution in [0, 0.1) is 6.92 Å². The third kappa shape index (κ3) is 2.52. The summed E-state index contributed by atoms with van der Waals surface area (Å²) >= 11 is 3.49. The third-order valence-electron chi connectivity index (χ3n) is 2.92. The van der Waals surface area contributed by atoms with Gasteiger partial charge in [0.25, 0.3) is 0 Å². The van der Waals surface area contributed by atoms with Gasteiger partial charge in [0.2, 0.25) is 0 Å². The molecule has 2 atom stereocenters. The van der Waals surface area contributed by atoms with Crippen LogP contribution in [0.15, 0.2) is 22.7 Å². The molecule has 1 N–H and O–H groups in total. The van der Waals surface area contributed by atoms with Gasteiger partial charge in [-0.25, -0.2) is 0 Å². The van der Waals surface area contributed by atoms with Crippen molar-refractivity contribution in [2.45, 2.75) is 32.4 Å². The lowest BCUT2D eigenvalue weighted by molar-refractivity contribution is 0.121. The maximum Gasteiger partial charge on any atom is 0.0748 e. The van der Waals surface area contributed by atoms with E-state index in [9.17, 15) is 0 Å². The number of hydrogen-bond donors (Lipinski definition) is 1. The molecule has 0 spiro atoms. The van der Waals surface area contributed by atoms with E-state index in [-0.39, 0.29) is 0 Å². The third-order valence-corrected chi connectivity index (χ3v) is 3.41. The van der Waals surface area contributed by atoms with Crippen molar-refractivity contribution in [1.29, 1.82) is 0 Å². The molecule has 0 radical (unpaired) electrons. The van der Waals surface area contributed by atoms with Gasteiger partial charge in [-0.2, -0.15) is 0 Å². The molecule has 82 valence electrons. The van der Waals surface area contributed by atoms with E-state index in [4.69, 9.17) is 4.74 Å². The number of aryl methyl sites for hydroxylation is 1. The van der Waals surface area contributed by atoms with Crippen LogP contribution in [0.5, 0.6) is 0 Å². The topological polar surface area (TPSA) is 21.3 Å². The molecule has 0 aromatic heterocycles. The second-order valence-corrected chi connectivity index (χ2v) is 4.99. The highest BCUT2D eigenvalue weighted by Gasteiger charge is 2.24. The normalized spacial score (nSPS) is 25.5. The van der Waals surface area contributed by atoms with Crippen LogP contribution in [0.3, 0.4) is 0 Å². The molecular weight excluding hydrogens is 254 g/mol. The quantitative estimate of drug-likeness (QED) is 0.889. The van der Waals surface area contributed by atoms with Crippen molar-refractivity contribution in [3.8, 4) is 0 Å². The predicted molar refractivity (Wildman–Crippen MR) is 66.3 cm³/mol. The maximum atomic E-state index is 5.53. The number of ether oxygens (including phenoxy) is 1. The number of hydrogen-bond acceptors (Lipinski definition) is 2. The number of rotatable bonds is 2. The van der Waals surface area contributed by atoms with Crippen molar-refractivity contribution in [1.82, 2.24) is 0 Å². The summed E-state index contributed by atoms with van der Waals surface area (Å²) in [5, 5.41) is 3.54. The zero-order chi connectivity index (χ0) is 10.8. The van der Waals surface area contributed by atoms with Crippen molar-refractivity contribution >= 4 is 21.6 Å². The second kappa shape index (κ2) is 4.54. The number of benzene rings is 1. The fourth-order valence-electron chi connectivity index (χ4n) is 1.87. The van der Waals surface area contributed by atoms with E-state index in [2.05, 4.69) is 53.3 Å². The molecule has 0 aliphatic carbocycles. The zero-order valence-electron chi connectivity index (χ0n) is 9.09.